The number of halogens is 2. The van der Waals surface area contributed by atoms with E-state index in [2.05, 4.69) is 5.16 Å². The zero-order valence-corrected chi connectivity index (χ0v) is 16.2. The van der Waals surface area contributed by atoms with E-state index in [0.29, 0.717) is 39.3 Å². The Labute approximate surface area is 174 Å². The first-order chi connectivity index (χ1) is 14.6. The Balaban J connectivity index is 1.38. The smallest absolute Gasteiger partial charge is 0.379 e. The van der Waals surface area contributed by atoms with Crippen molar-refractivity contribution in [3.8, 4) is 5.75 Å². The molecule has 0 spiro atoms. The highest BCUT2D eigenvalue weighted by Gasteiger charge is 2.17. The number of esters is 1. The van der Waals surface area contributed by atoms with Crippen LogP contribution in [0.1, 0.15) is 21.8 Å². The SMILES string of the molecule is O=C(Oc1ccc2c(Cc3ccccc3F)noc2c1)c1cc2cc(Cl)ccc2o1. The summed E-state index contributed by atoms with van der Waals surface area (Å²) < 4.78 is 30.2. The molecule has 0 saturated carbocycles. The van der Waals surface area contributed by atoms with Gasteiger partial charge in [-0.1, -0.05) is 35.0 Å². The average molecular weight is 422 g/mol. The summed E-state index contributed by atoms with van der Waals surface area (Å²) in [5, 5.41) is 6.01. The van der Waals surface area contributed by atoms with Crippen LogP contribution in [-0.4, -0.2) is 11.1 Å². The van der Waals surface area contributed by atoms with E-state index in [1.165, 1.54) is 6.07 Å². The molecule has 0 atom stereocenters. The molecule has 0 unspecified atom stereocenters. The van der Waals surface area contributed by atoms with Crippen LogP contribution in [0.25, 0.3) is 21.9 Å². The third-order valence-corrected chi connectivity index (χ3v) is 4.96. The molecule has 0 aliphatic carbocycles. The number of furan rings is 1. The molecule has 0 radical (unpaired) electrons. The zero-order valence-electron chi connectivity index (χ0n) is 15.4. The predicted octanol–water partition coefficient (Wildman–Crippen LogP) is 6.18. The second kappa shape index (κ2) is 7.31. The lowest BCUT2D eigenvalue weighted by Gasteiger charge is -2.02. The Bertz CT molecular complexity index is 1410. The second-order valence-corrected chi connectivity index (χ2v) is 7.17. The van der Waals surface area contributed by atoms with Crippen molar-refractivity contribution in [2.45, 2.75) is 6.42 Å². The third kappa shape index (κ3) is 3.42. The number of ether oxygens (including phenoxy) is 1. The van der Waals surface area contributed by atoms with Gasteiger partial charge in [0.1, 0.15) is 17.1 Å². The van der Waals surface area contributed by atoms with Crippen molar-refractivity contribution >= 4 is 39.5 Å². The highest BCUT2D eigenvalue weighted by molar-refractivity contribution is 6.31. The molecule has 0 amide bonds. The Morgan fingerprint density at radius 1 is 1.03 bits per heavy atom. The van der Waals surface area contributed by atoms with Gasteiger partial charge in [0.2, 0.25) is 5.76 Å². The highest BCUT2D eigenvalue weighted by Crippen LogP contribution is 2.28. The maximum absolute atomic E-state index is 13.9. The summed E-state index contributed by atoms with van der Waals surface area (Å²) in [6, 6.07) is 18.1. The molecule has 2 heterocycles. The largest absolute Gasteiger partial charge is 0.449 e. The Kier molecular flexibility index (Phi) is 4.48. The molecule has 0 saturated heterocycles. The number of nitrogens with zero attached hydrogens (tertiary/aromatic N) is 1. The number of fused-ring (bicyclic) bond motifs is 2. The van der Waals surface area contributed by atoms with E-state index >= 15 is 0 Å². The summed E-state index contributed by atoms with van der Waals surface area (Å²) >= 11 is 5.96. The summed E-state index contributed by atoms with van der Waals surface area (Å²) in [6.45, 7) is 0. The molecule has 2 aromatic heterocycles. The summed E-state index contributed by atoms with van der Waals surface area (Å²) in [5.74, 6) is -0.608. The first-order valence-electron chi connectivity index (χ1n) is 9.10. The number of aromatic nitrogens is 1. The molecule has 0 aliphatic heterocycles. The standard InChI is InChI=1S/C23H13ClFNO4/c24-15-5-8-20-14(9-15)11-22(29-20)23(27)28-16-6-7-17-19(26-30-21(17)12-16)10-13-3-1-2-4-18(13)25/h1-9,11-12H,10H2. The molecular formula is C23H13ClFNO4. The molecule has 5 aromatic rings. The van der Waals surface area contributed by atoms with Crippen LogP contribution >= 0.6 is 11.6 Å². The highest BCUT2D eigenvalue weighted by atomic mass is 35.5. The molecule has 30 heavy (non-hydrogen) atoms. The monoisotopic (exact) mass is 421 g/mol. The van der Waals surface area contributed by atoms with Crippen LogP contribution in [0.3, 0.4) is 0 Å². The van der Waals surface area contributed by atoms with Crippen LogP contribution < -0.4 is 4.74 Å². The van der Waals surface area contributed by atoms with Crippen LogP contribution in [0.2, 0.25) is 5.02 Å². The first kappa shape index (κ1) is 18.4. The first-order valence-corrected chi connectivity index (χ1v) is 9.47. The molecule has 0 N–H and O–H groups in total. The maximum atomic E-state index is 13.9. The van der Waals surface area contributed by atoms with E-state index in [-0.39, 0.29) is 17.3 Å². The Morgan fingerprint density at radius 3 is 2.77 bits per heavy atom. The lowest BCUT2D eigenvalue weighted by molar-refractivity contribution is 0.0704. The number of hydrogen-bond acceptors (Lipinski definition) is 5. The van der Waals surface area contributed by atoms with Gasteiger partial charge in [-0.05, 0) is 48.0 Å². The van der Waals surface area contributed by atoms with Gasteiger partial charge in [0.05, 0.1) is 5.69 Å². The lowest BCUT2D eigenvalue weighted by atomic mass is 10.1. The molecule has 148 valence electrons. The van der Waals surface area contributed by atoms with Crippen LogP contribution in [0.15, 0.2) is 75.7 Å². The van der Waals surface area contributed by atoms with E-state index in [9.17, 15) is 9.18 Å². The molecule has 3 aromatic carbocycles. The third-order valence-electron chi connectivity index (χ3n) is 4.72. The molecule has 0 aliphatic rings. The van der Waals surface area contributed by atoms with Crippen molar-refractivity contribution in [2.24, 2.45) is 0 Å². The van der Waals surface area contributed by atoms with Crippen molar-refractivity contribution < 1.29 is 22.9 Å². The number of rotatable bonds is 4. The van der Waals surface area contributed by atoms with E-state index < -0.39 is 5.97 Å². The molecule has 7 heteroatoms. The van der Waals surface area contributed by atoms with Crippen molar-refractivity contribution in [1.82, 2.24) is 5.16 Å². The number of benzene rings is 3. The number of carbonyl (C=O) groups is 1. The minimum Gasteiger partial charge on any atom is -0.449 e. The molecule has 0 bridgehead atoms. The minimum absolute atomic E-state index is 0.0603. The Hall–Kier alpha value is -3.64. The fraction of sp³-hybridized carbons (Fsp3) is 0.0435. The average Bonchev–Trinajstić information content (AvgIpc) is 3.33. The minimum atomic E-state index is -0.646. The van der Waals surface area contributed by atoms with E-state index in [1.807, 2.05) is 0 Å². The summed E-state index contributed by atoms with van der Waals surface area (Å²) in [5.41, 5.74) is 2.09. The zero-order chi connectivity index (χ0) is 20.7. The van der Waals surface area contributed by atoms with Gasteiger partial charge in [0.15, 0.2) is 5.58 Å². The van der Waals surface area contributed by atoms with Gasteiger partial charge in [-0.15, -0.1) is 0 Å². The van der Waals surface area contributed by atoms with E-state index in [0.717, 1.165) is 5.39 Å². The van der Waals surface area contributed by atoms with Gasteiger partial charge in [0.25, 0.3) is 0 Å². The van der Waals surface area contributed by atoms with E-state index in [1.54, 1.807) is 60.7 Å². The van der Waals surface area contributed by atoms with E-state index in [4.69, 9.17) is 25.3 Å². The van der Waals surface area contributed by atoms with Gasteiger partial charge in [-0.25, -0.2) is 9.18 Å². The van der Waals surface area contributed by atoms with Crippen LogP contribution in [-0.2, 0) is 6.42 Å². The van der Waals surface area contributed by atoms with Gasteiger partial charge >= 0.3 is 5.97 Å². The number of hydrogen-bond donors (Lipinski definition) is 0. The van der Waals surface area contributed by atoms with Crippen LogP contribution in [0, 0.1) is 5.82 Å². The van der Waals surface area contributed by atoms with Crippen molar-refractivity contribution in [1.29, 1.82) is 0 Å². The van der Waals surface area contributed by atoms with Crippen LogP contribution in [0.4, 0.5) is 4.39 Å². The van der Waals surface area contributed by atoms with Crippen molar-refractivity contribution in [3.63, 3.8) is 0 Å². The fourth-order valence-corrected chi connectivity index (χ4v) is 3.44. The van der Waals surface area contributed by atoms with Gasteiger partial charge in [-0.3, -0.25) is 0 Å². The maximum Gasteiger partial charge on any atom is 0.379 e. The number of carbonyl (C=O) groups excluding carboxylic acids is 1. The molecule has 5 rings (SSSR count). The topological polar surface area (TPSA) is 65.5 Å². The van der Waals surface area contributed by atoms with Crippen molar-refractivity contribution in [2.75, 3.05) is 0 Å². The van der Waals surface area contributed by atoms with Crippen molar-refractivity contribution in [3.05, 3.63) is 94.6 Å². The summed E-state index contributed by atoms with van der Waals surface area (Å²) in [7, 11) is 0. The molecule has 5 nitrogen and oxygen atoms in total. The summed E-state index contributed by atoms with van der Waals surface area (Å²) in [6.07, 6.45) is 0.292. The van der Waals surface area contributed by atoms with Gasteiger partial charge in [-0.2, -0.15) is 0 Å². The fourth-order valence-electron chi connectivity index (χ4n) is 3.26. The lowest BCUT2D eigenvalue weighted by Crippen LogP contribution is -2.06. The molecule has 0 fully saturated rings. The quantitative estimate of drug-likeness (QED) is 0.256. The predicted molar refractivity (Wildman–Crippen MR) is 109 cm³/mol. The normalized spacial score (nSPS) is 11.3. The Morgan fingerprint density at radius 2 is 1.90 bits per heavy atom. The molecular weight excluding hydrogens is 409 g/mol. The summed E-state index contributed by atoms with van der Waals surface area (Å²) in [4.78, 5) is 12.5. The second-order valence-electron chi connectivity index (χ2n) is 6.74. The van der Waals surface area contributed by atoms with Gasteiger partial charge in [0, 0.05) is 28.3 Å². The van der Waals surface area contributed by atoms with Gasteiger partial charge < -0.3 is 13.7 Å². The van der Waals surface area contributed by atoms with Crippen LogP contribution in [0.5, 0.6) is 5.75 Å².